The number of methoxy groups -OCH3 is 2. The van der Waals surface area contributed by atoms with E-state index in [4.69, 9.17) is 9.47 Å². The van der Waals surface area contributed by atoms with Gasteiger partial charge in [-0.25, -0.2) is 0 Å². The van der Waals surface area contributed by atoms with Crippen LogP contribution in [0.5, 0.6) is 11.5 Å². The zero-order valence-corrected chi connectivity index (χ0v) is 19.2. The molecule has 2 unspecified atom stereocenters. The second kappa shape index (κ2) is 8.89. The summed E-state index contributed by atoms with van der Waals surface area (Å²) in [6.45, 7) is 1.06. The quantitative estimate of drug-likeness (QED) is 0.631. The van der Waals surface area contributed by atoms with Gasteiger partial charge in [-0.1, -0.05) is 15.9 Å². The minimum atomic E-state index is -0.348. The number of carbonyl (C=O) groups is 2. The molecule has 8 heteroatoms. The molecule has 2 saturated heterocycles. The first-order chi connectivity index (χ1) is 14.5. The second-order valence-electron chi connectivity index (χ2n) is 7.24. The minimum absolute atomic E-state index is 0.0244. The van der Waals surface area contributed by atoms with E-state index in [1.807, 2.05) is 47.4 Å². The number of benzene rings is 2. The molecular formula is C22H23BrN2O4S. The molecule has 2 aliphatic rings. The van der Waals surface area contributed by atoms with Gasteiger partial charge in [0.15, 0.2) is 0 Å². The highest BCUT2D eigenvalue weighted by molar-refractivity contribution is 9.10. The van der Waals surface area contributed by atoms with Crippen molar-refractivity contribution in [2.24, 2.45) is 5.92 Å². The first-order valence-electron chi connectivity index (χ1n) is 9.71. The normalized spacial score (nSPS) is 21.2. The Morgan fingerprint density at radius 2 is 1.90 bits per heavy atom. The molecule has 0 aromatic heterocycles. The fourth-order valence-corrected chi connectivity index (χ4v) is 5.63. The monoisotopic (exact) mass is 490 g/mol. The number of amides is 2. The number of halogens is 1. The van der Waals surface area contributed by atoms with E-state index in [9.17, 15) is 9.59 Å². The maximum Gasteiger partial charge on any atom is 0.229 e. The average Bonchev–Trinajstić information content (AvgIpc) is 3.40. The Balaban J connectivity index is 1.52. The van der Waals surface area contributed by atoms with Crippen LogP contribution in [0.1, 0.15) is 17.4 Å². The third-order valence-electron chi connectivity index (χ3n) is 5.49. The van der Waals surface area contributed by atoms with E-state index in [-0.39, 0.29) is 29.5 Å². The summed E-state index contributed by atoms with van der Waals surface area (Å²) in [5.41, 5.74) is 1.76. The van der Waals surface area contributed by atoms with Crippen molar-refractivity contribution in [3.63, 3.8) is 0 Å². The van der Waals surface area contributed by atoms with Gasteiger partial charge in [0.2, 0.25) is 11.8 Å². The molecule has 0 spiro atoms. The van der Waals surface area contributed by atoms with Crippen LogP contribution in [-0.2, 0) is 9.59 Å². The van der Waals surface area contributed by atoms with Crippen LogP contribution in [0.25, 0.3) is 0 Å². The largest absolute Gasteiger partial charge is 0.497 e. The van der Waals surface area contributed by atoms with E-state index >= 15 is 0 Å². The van der Waals surface area contributed by atoms with Crippen molar-refractivity contribution in [1.82, 2.24) is 4.90 Å². The lowest BCUT2D eigenvalue weighted by atomic mass is 10.1. The molecule has 2 fully saturated rings. The Morgan fingerprint density at radius 3 is 2.60 bits per heavy atom. The van der Waals surface area contributed by atoms with Gasteiger partial charge in [0.25, 0.3) is 0 Å². The molecule has 4 rings (SSSR count). The summed E-state index contributed by atoms with van der Waals surface area (Å²) in [7, 11) is 3.25. The Labute approximate surface area is 188 Å². The molecule has 2 aromatic carbocycles. The van der Waals surface area contributed by atoms with Crippen LogP contribution in [0.2, 0.25) is 0 Å². The van der Waals surface area contributed by atoms with Crippen molar-refractivity contribution < 1.29 is 19.1 Å². The van der Waals surface area contributed by atoms with Crippen LogP contribution in [0.3, 0.4) is 0 Å². The molecular weight excluding hydrogens is 468 g/mol. The number of carbonyl (C=O) groups excluding carboxylic acids is 2. The zero-order valence-electron chi connectivity index (χ0n) is 16.8. The van der Waals surface area contributed by atoms with Crippen molar-refractivity contribution in [2.45, 2.75) is 11.8 Å². The Hall–Kier alpha value is -2.19. The summed E-state index contributed by atoms with van der Waals surface area (Å²) in [4.78, 5) is 29.6. The molecule has 2 aromatic rings. The Morgan fingerprint density at radius 1 is 1.13 bits per heavy atom. The van der Waals surface area contributed by atoms with Gasteiger partial charge in [0.1, 0.15) is 16.9 Å². The van der Waals surface area contributed by atoms with Crippen LogP contribution in [0.4, 0.5) is 5.69 Å². The second-order valence-corrected chi connectivity index (χ2v) is 9.35. The molecule has 2 amide bonds. The SMILES string of the molecule is COc1ccc(N2CC(C(=O)N3CCSC3c3cc(Br)ccc3OC)CC2=O)cc1. The lowest BCUT2D eigenvalue weighted by molar-refractivity contribution is -0.136. The van der Waals surface area contributed by atoms with E-state index in [0.29, 0.717) is 13.1 Å². The number of anilines is 1. The smallest absolute Gasteiger partial charge is 0.229 e. The van der Waals surface area contributed by atoms with Crippen molar-refractivity contribution in [3.05, 3.63) is 52.5 Å². The summed E-state index contributed by atoms with van der Waals surface area (Å²) < 4.78 is 11.7. The van der Waals surface area contributed by atoms with Crippen molar-refractivity contribution in [3.8, 4) is 11.5 Å². The molecule has 2 atom stereocenters. The Bertz CT molecular complexity index is 953. The summed E-state index contributed by atoms with van der Waals surface area (Å²) in [5, 5.41) is -0.116. The van der Waals surface area contributed by atoms with Crippen LogP contribution < -0.4 is 14.4 Å². The number of rotatable bonds is 5. The van der Waals surface area contributed by atoms with Crippen molar-refractivity contribution >= 4 is 45.2 Å². The van der Waals surface area contributed by atoms with Gasteiger partial charge in [-0.05, 0) is 42.5 Å². The minimum Gasteiger partial charge on any atom is -0.497 e. The van der Waals surface area contributed by atoms with Gasteiger partial charge in [-0.2, -0.15) is 0 Å². The maximum atomic E-state index is 13.4. The third kappa shape index (κ3) is 4.03. The summed E-state index contributed by atoms with van der Waals surface area (Å²) in [5.74, 6) is 2.00. The number of thioether (sulfide) groups is 1. The molecule has 0 saturated carbocycles. The lowest BCUT2D eigenvalue weighted by Crippen LogP contribution is -2.37. The van der Waals surface area contributed by atoms with Crippen LogP contribution >= 0.6 is 27.7 Å². The van der Waals surface area contributed by atoms with Crippen LogP contribution in [-0.4, -0.2) is 49.8 Å². The predicted molar refractivity (Wildman–Crippen MR) is 121 cm³/mol. The lowest BCUT2D eigenvalue weighted by Gasteiger charge is -2.28. The topological polar surface area (TPSA) is 59.1 Å². The summed E-state index contributed by atoms with van der Waals surface area (Å²) in [6.07, 6.45) is 0.231. The molecule has 30 heavy (non-hydrogen) atoms. The van der Waals surface area contributed by atoms with E-state index in [1.54, 1.807) is 30.9 Å². The number of hydrogen-bond acceptors (Lipinski definition) is 5. The van der Waals surface area contributed by atoms with E-state index in [1.165, 1.54) is 0 Å². The van der Waals surface area contributed by atoms with Gasteiger partial charge in [-0.15, -0.1) is 11.8 Å². The molecule has 0 radical (unpaired) electrons. The molecule has 0 N–H and O–H groups in total. The van der Waals surface area contributed by atoms with Crippen molar-refractivity contribution in [2.75, 3.05) is 38.0 Å². The molecule has 2 heterocycles. The fourth-order valence-electron chi connectivity index (χ4n) is 3.97. The van der Waals surface area contributed by atoms with Gasteiger partial charge in [0, 0.05) is 41.0 Å². The molecule has 158 valence electrons. The maximum absolute atomic E-state index is 13.4. The highest BCUT2D eigenvalue weighted by Gasteiger charge is 2.41. The van der Waals surface area contributed by atoms with Gasteiger partial charge in [-0.3, -0.25) is 9.59 Å². The number of ether oxygens (including phenoxy) is 2. The highest BCUT2D eigenvalue weighted by Crippen LogP contribution is 2.44. The zero-order chi connectivity index (χ0) is 21.3. The van der Waals surface area contributed by atoms with E-state index < -0.39 is 0 Å². The fraction of sp³-hybridized carbons (Fsp3) is 0.364. The first-order valence-corrected chi connectivity index (χ1v) is 11.6. The van der Waals surface area contributed by atoms with Crippen LogP contribution in [0, 0.1) is 5.92 Å². The van der Waals surface area contributed by atoms with Crippen LogP contribution in [0.15, 0.2) is 46.9 Å². The predicted octanol–water partition coefficient (Wildman–Crippen LogP) is 4.09. The van der Waals surface area contributed by atoms with Gasteiger partial charge < -0.3 is 19.3 Å². The Kier molecular flexibility index (Phi) is 6.24. The van der Waals surface area contributed by atoms with Gasteiger partial charge >= 0.3 is 0 Å². The first kappa shape index (κ1) is 21.1. The standard InChI is InChI=1S/C22H23BrN2O4S/c1-28-17-6-4-16(5-7-17)25-13-14(11-20(25)26)21(27)24-9-10-30-22(24)18-12-15(23)3-8-19(18)29-2/h3-8,12,14,22H,9-11,13H2,1-2H3. The molecule has 0 aliphatic carbocycles. The number of hydrogen-bond donors (Lipinski definition) is 0. The van der Waals surface area contributed by atoms with E-state index in [0.717, 1.165) is 33.0 Å². The molecule has 0 bridgehead atoms. The summed E-state index contributed by atoms with van der Waals surface area (Å²) in [6, 6.07) is 13.2. The van der Waals surface area contributed by atoms with Crippen molar-refractivity contribution in [1.29, 1.82) is 0 Å². The molecule has 2 aliphatic heterocycles. The third-order valence-corrected chi connectivity index (χ3v) is 7.23. The highest BCUT2D eigenvalue weighted by atomic mass is 79.9. The van der Waals surface area contributed by atoms with Gasteiger partial charge in [0.05, 0.1) is 20.1 Å². The summed E-state index contributed by atoms with van der Waals surface area (Å²) >= 11 is 5.24. The molecule has 6 nitrogen and oxygen atoms in total. The van der Waals surface area contributed by atoms with E-state index in [2.05, 4.69) is 15.9 Å². The average molecular weight is 491 g/mol. The number of nitrogens with zero attached hydrogens (tertiary/aromatic N) is 2.